The van der Waals surface area contributed by atoms with Crippen molar-refractivity contribution in [2.75, 3.05) is 62.6 Å². The van der Waals surface area contributed by atoms with Crippen molar-refractivity contribution in [1.82, 2.24) is 19.4 Å². The molecule has 13 heteroatoms. The highest BCUT2D eigenvalue weighted by molar-refractivity contribution is 7.90. The molecule has 0 radical (unpaired) electrons. The molecule has 44 heavy (non-hydrogen) atoms. The van der Waals surface area contributed by atoms with Crippen molar-refractivity contribution in [3.05, 3.63) is 66.3 Å². The minimum Gasteiger partial charge on any atom is -0.494 e. The number of amides is 1. The third-order valence-electron chi connectivity index (χ3n) is 7.61. The van der Waals surface area contributed by atoms with Crippen LogP contribution in [0.15, 0.2) is 49.2 Å². The molecule has 5 rings (SSSR count). The second-order valence-corrected chi connectivity index (χ2v) is 13.3. The molecule has 0 unspecified atom stereocenters. The van der Waals surface area contributed by atoms with Gasteiger partial charge in [0.05, 0.1) is 47.1 Å². The van der Waals surface area contributed by atoms with Crippen LogP contribution in [0.5, 0.6) is 5.75 Å². The lowest BCUT2D eigenvalue weighted by molar-refractivity contribution is -0.111. The first kappa shape index (κ1) is 31.0. The average Bonchev–Trinajstić information content (AvgIpc) is 3.30. The number of hydrogen-bond acceptors (Lipinski definition) is 9. The van der Waals surface area contributed by atoms with E-state index in [-0.39, 0.29) is 29.8 Å². The summed E-state index contributed by atoms with van der Waals surface area (Å²) in [6.07, 6.45) is 3.23. The summed E-state index contributed by atoms with van der Waals surface area (Å²) in [5.41, 5.74) is 4.63. The molecule has 11 nitrogen and oxygen atoms in total. The number of aromatic nitrogens is 3. The van der Waals surface area contributed by atoms with Crippen molar-refractivity contribution in [2.24, 2.45) is 7.05 Å². The van der Waals surface area contributed by atoms with Gasteiger partial charge in [0.1, 0.15) is 11.6 Å². The van der Waals surface area contributed by atoms with Gasteiger partial charge in [-0.2, -0.15) is 0 Å². The fraction of sp³-hybridized carbons (Fsp3) is 0.323. The number of fused-ring (bicyclic) bond motifs is 2. The Morgan fingerprint density at radius 3 is 2.64 bits per heavy atom. The van der Waals surface area contributed by atoms with E-state index in [1.807, 2.05) is 49.9 Å². The topological polar surface area (TPSA) is 122 Å². The summed E-state index contributed by atoms with van der Waals surface area (Å²) in [7, 11) is 5.92. The maximum absolute atomic E-state index is 14.4. The summed E-state index contributed by atoms with van der Waals surface area (Å²) in [6.45, 7) is 5.04. The number of carbonyl (C=O) groups is 1. The van der Waals surface area contributed by atoms with Crippen molar-refractivity contribution in [3.63, 3.8) is 0 Å². The average molecular weight is 622 g/mol. The molecule has 0 saturated carbocycles. The third kappa shape index (κ3) is 6.38. The molecule has 0 saturated heterocycles. The predicted molar refractivity (Wildman–Crippen MR) is 172 cm³/mol. The van der Waals surface area contributed by atoms with E-state index in [1.54, 1.807) is 19.2 Å². The molecule has 4 aromatic rings. The Morgan fingerprint density at radius 2 is 1.93 bits per heavy atom. The number of benzene rings is 2. The molecule has 1 aliphatic heterocycles. The lowest BCUT2D eigenvalue weighted by Crippen LogP contribution is -2.29. The van der Waals surface area contributed by atoms with E-state index in [2.05, 4.69) is 22.1 Å². The van der Waals surface area contributed by atoms with Gasteiger partial charge < -0.3 is 29.7 Å². The van der Waals surface area contributed by atoms with Crippen molar-refractivity contribution >= 4 is 49.7 Å². The van der Waals surface area contributed by atoms with E-state index in [0.29, 0.717) is 51.6 Å². The van der Waals surface area contributed by atoms with Crippen LogP contribution in [-0.4, -0.2) is 80.9 Å². The first-order chi connectivity index (χ1) is 20.9. The lowest BCUT2D eigenvalue weighted by atomic mass is 10.0. The first-order valence-corrected chi connectivity index (χ1v) is 15.8. The second kappa shape index (κ2) is 12.2. The number of nitrogens with one attached hydrogen (secondary N) is 2. The number of halogens is 1. The Hall–Kier alpha value is -4.49. The van der Waals surface area contributed by atoms with Crippen LogP contribution in [0, 0.1) is 5.82 Å². The molecule has 2 N–H and O–H groups in total. The summed E-state index contributed by atoms with van der Waals surface area (Å²) in [6, 6.07) is 8.04. The number of ether oxygens (including phenoxy) is 1. The predicted octanol–water partition coefficient (Wildman–Crippen LogP) is 4.12. The van der Waals surface area contributed by atoms with Crippen molar-refractivity contribution < 1.29 is 22.3 Å². The summed E-state index contributed by atoms with van der Waals surface area (Å²) in [5, 5.41) is 6.72. The monoisotopic (exact) mass is 621 g/mol. The van der Waals surface area contributed by atoms with E-state index >= 15 is 0 Å². The molecule has 2 aromatic heterocycles. The fourth-order valence-corrected chi connectivity index (χ4v) is 6.68. The largest absolute Gasteiger partial charge is 0.494 e. The Bertz CT molecular complexity index is 1870. The number of hydrogen-bond donors (Lipinski definition) is 2. The Morgan fingerprint density at radius 1 is 1.16 bits per heavy atom. The molecule has 0 fully saturated rings. The summed E-state index contributed by atoms with van der Waals surface area (Å²) in [4.78, 5) is 26.0. The van der Waals surface area contributed by atoms with Crippen LogP contribution < -0.4 is 20.3 Å². The molecule has 3 heterocycles. The van der Waals surface area contributed by atoms with Crippen LogP contribution in [0.4, 0.5) is 27.4 Å². The minimum absolute atomic E-state index is 0.0326. The van der Waals surface area contributed by atoms with Gasteiger partial charge in [-0.05, 0) is 44.4 Å². The number of anilines is 4. The SMILES string of the molecule is C=CC(=O)Nc1cc(Nc2nc3c(c(-c4cn(C)c5ccc(F)cc45)n2)CS(=O)(=O)CC3)c(OC)cc1N(C)CCN(C)C. The quantitative estimate of drug-likeness (QED) is 0.252. The zero-order valence-electron chi connectivity index (χ0n) is 25.4. The van der Waals surface area contributed by atoms with E-state index in [0.717, 1.165) is 17.7 Å². The van der Waals surface area contributed by atoms with Crippen LogP contribution in [0.1, 0.15) is 11.3 Å². The molecule has 1 aliphatic rings. The highest BCUT2D eigenvalue weighted by Gasteiger charge is 2.29. The first-order valence-electron chi connectivity index (χ1n) is 14.0. The van der Waals surface area contributed by atoms with Gasteiger partial charge in [-0.3, -0.25) is 4.79 Å². The fourth-order valence-electron chi connectivity index (χ4n) is 5.29. The highest BCUT2D eigenvalue weighted by Crippen LogP contribution is 2.40. The van der Waals surface area contributed by atoms with Crippen LogP contribution in [0.2, 0.25) is 0 Å². The molecule has 2 aromatic carbocycles. The van der Waals surface area contributed by atoms with Crippen LogP contribution in [0.3, 0.4) is 0 Å². The zero-order valence-corrected chi connectivity index (χ0v) is 26.3. The van der Waals surface area contributed by atoms with Gasteiger partial charge in [-0.15, -0.1) is 0 Å². The third-order valence-corrected chi connectivity index (χ3v) is 9.17. The highest BCUT2D eigenvalue weighted by atomic mass is 32.2. The van der Waals surface area contributed by atoms with Gasteiger partial charge in [0.25, 0.3) is 0 Å². The molecule has 232 valence electrons. The Kier molecular flexibility index (Phi) is 8.62. The summed E-state index contributed by atoms with van der Waals surface area (Å²) >= 11 is 0. The maximum Gasteiger partial charge on any atom is 0.247 e. The van der Waals surface area contributed by atoms with Crippen molar-refractivity contribution in [3.8, 4) is 17.0 Å². The second-order valence-electron chi connectivity index (χ2n) is 11.1. The molecule has 0 spiro atoms. The number of likely N-dealkylation sites (N-methyl/N-ethyl adjacent to an activating group) is 2. The van der Waals surface area contributed by atoms with E-state index in [1.165, 1.54) is 18.2 Å². The molecular formula is C31H36FN7O4S. The number of nitrogens with zero attached hydrogens (tertiary/aromatic N) is 5. The van der Waals surface area contributed by atoms with Crippen molar-refractivity contribution in [2.45, 2.75) is 12.2 Å². The van der Waals surface area contributed by atoms with Gasteiger partial charge in [0, 0.05) is 67.9 Å². The Labute approximate surface area is 256 Å². The molecule has 0 atom stereocenters. The van der Waals surface area contributed by atoms with Crippen LogP contribution in [0.25, 0.3) is 22.2 Å². The summed E-state index contributed by atoms with van der Waals surface area (Å²) in [5.74, 6) is -0.341. The van der Waals surface area contributed by atoms with Gasteiger partial charge in [0.2, 0.25) is 11.9 Å². The smallest absolute Gasteiger partial charge is 0.247 e. The lowest BCUT2D eigenvalue weighted by Gasteiger charge is -2.26. The normalized spacial score (nSPS) is 13.9. The van der Waals surface area contributed by atoms with Crippen LogP contribution in [-0.2, 0) is 33.9 Å². The van der Waals surface area contributed by atoms with Gasteiger partial charge >= 0.3 is 0 Å². The van der Waals surface area contributed by atoms with Gasteiger partial charge in [-0.1, -0.05) is 6.58 Å². The number of methoxy groups -OCH3 is 1. The number of carbonyl (C=O) groups excluding carboxylic acids is 1. The molecule has 0 bridgehead atoms. The summed E-state index contributed by atoms with van der Waals surface area (Å²) < 4.78 is 47.4. The zero-order chi connectivity index (χ0) is 31.8. The molecule has 1 amide bonds. The van der Waals surface area contributed by atoms with E-state index in [9.17, 15) is 17.6 Å². The Balaban J connectivity index is 1.64. The van der Waals surface area contributed by atoms with E-state index < -0.39 is 15.7 Å². The minimum atomic E-state index is -3.36. The molecule has 0 aliphatic carbocycles. The van der Waals surface area contributed by atoms with Crippen LogP contribution >= 0.6 is 0 Å². The van der Waals surface area contributed by atoms with Gasteiger partial charge in [-0.25, -0.2) is 22.8 Å². The van der Waals surface area contributed by atoms with Gasteiger partial charge in [0.15, 0.2) is 9.84 Å². The van der Waals surface area contributed by atoms with E-state index in [4.69, 9.17) is 14.7 Å². The standard InChI is InChI=1S/C31H36FN7O4S/c1-7-29(40)33-24-15-25(28(43-6)16-27(24)38(4)12-11-37(2)3)35-31-34-23-10-13-44(41,42)18-22(23)30(36-31)21-17-39(5)26-9-8-19(32)14-20(21)26/h7-9,14-17H,1,10-13,18H2,2-6H3,(H,33,40)(H,34,35,36). The molecular weight excluding hydrogens is 585 g/mol. The van der Waals surface area contributed by atoms with Crippen molar-refractivity contribution in [1.29, 1.82) is 0 Å². The number of aryl methyl sites for hydroxylation is 2. The maximum atomic E-state index is 14.4. The number of sulfone groups is 1. The number of rotatable bonds is 10.